The molecule has 2 saturated heterocycles. The van der Waals surface area contributed by atoms with E-state index in [0.29, 0.717) is 26.2 Å². The third-order valence-electron chi connectivity index (χ3n) is 5.98. The van der Waals surface area contributed by atoms with Gasteiger partial charge in [-0.25, -0.2) is 4.39 Å². The van der Waals surface area contributed by atoms with E-state index in [1.165, 1.54) is 12.1 Å². The number of benzene rings is 1. The van der Waals surface area contributed by atoms with Crippen LogP contribution in [0, 0.1) is 17.2 Å². The van der Waals surface area contributed by atoms with Crippen LogP contribution in [-0.2, 0) is 16.1 Å². The van der Waals surface area contributed by atoms with Crippen LogP contribution in [-0.4, -0.2) is 41.2 Å². The van der Waals surface area contributed by atoms with Gasteiger partial charge in [0.05, 0.1) is 5.41 Å². The Hall–Kier alpha value is -1.91. The maximum atomic E-state index is 13.3. The van der Waals surface area contributed by atoms with Crippen molar-refractivity contribution in [2.75, 3.05) is 19.6 Å². The van der Waals surface area contributed by atoms with Gasteiger partial charge in [-0.2, -0.15) is 0 Å². The van der Waals surface area contributed by atoms with Gasteiger partial charge in [0.1, 0.15) is 5.82 Å². The van der Waals surface area contributed by atoms with Gasteiger partial charge in [-0.3, -0.25) is 9.59 Å². The zero-order chi connectivity index (χ0) is 16.7. The first kappa shape index (κ1) is 15.6. The monoisotopic (exact) mass is 330 g/mol. The van der Waals surface area contributed by atoms with Crippen LogP contribution in [0.2, 0.25) is 0 Å². The summed E-state index contributed by atoms with van der Waals surface area (Å²) in [5.74, 6) is 0.303. The highest BCUT2D eigenvalue weighted by atomic mass is 19.1. The molecule has 5 heteroatoms. The molecule has 0 bridgehead atoms. The highest BCUT2D eigenvalue weighted by Crippen LogP contribution is 2.42. The molecule has 1 spiro atoms. The van der Waals surface area contributed by atoms with Gasteiger partial charge in [0.2, 0.25) is 11.8 Å². The van der Waals surface area contributed by atoms with Crippen LogP contribution in [0.15, 0.2) is 24.3 Å². The quantitative estimate of drug-likeness (QED) is 0.855. The normalized spacial score (nSPS) is 27.1. The predicted molar refractivity (Wildman–Crippen MR) is 87.4 cm³/mol. The van der Waals surface area contributed by atoms with E-state index in [0.717, 1.165) is 37.7 Å². The van der Waals surface area contributed by atoms with Crippen molar-refractivity contribution < 1.29 is 14.0 Å². The highest BCUT2D eigenvalue weighted by Gasteiger charge is 2.52. The van der Waals surface area contributed by atoms with Gasteiger partial charge in [-0.05, 0) is 43.4 Å². The smallest absolute Gasteiger partial charge is 0.231 e. The van der Waals surface area contributed by atoms with Gasteiger partial charge >= 0.3 is 0 Å². The van der Waals surface area contributed by atoms with Gasteiger partial charge in [0.15, 0.2) is 0 Å². The van der Waals surface area contributed by atoms with Gasteiger partial charge < -0.3 is 9.80 Å². The fourth-order valence-electron chi connectivity index (χ4n) is 4.25. The zero-order valence-corrected chi connectivity index (χ0v) is 13.8. The average Bonchev–Trinajstić information content (AvgIpc) is 3.06. The van der Waals surface area contributed by atoms with Gasteiger partial charge in [-0.15, -0.1) is 0 Å². The Labute approximate surface area is 141 Å². The van der Waals surface area contributed by atoms with Crippen LogP contribution < -0.4 is 0 Å². The summed E-state index contributed by atoms with van der Waals surface area (Å²) in [6, 6.07) is 6.43. The molecule has 0 radical (unpaired) electrons. The van der Waals surface area contributed by atoms with Crippen molar-refractivity contribution in [3.63, 3.8) is 0 Å². The van der Waals surface area contributed by atoms with Crippen molar-refractivity contribution in [3.05, 3.63) is 35.6 Å². The number of likely N-dealkylation sites (tertiary alicyclic amines) is 2. The van der Waals surface area contributed by atoms with Crippen molar-refractivity contribution in [1.29, 1.82) is 0 Å². The van der Waals surface area contributed by atoms with E-state index in [4.69, 9.17) is 0 Å². The molecule has 2 amide bonds. The zero-order valence-electron chi connectivity index (χ0n) is 13.8. The number of halogens is 1. The Balaban J connectivity index is 1.42. The standard InChI is InChI=1S/C19H23FN2O2/c20-16-6-1-3-14(11-16)12-21-9-7-19(18(21)24)8-10-22(13-19)17(23)15-4-2-5-15/h1,3,6,11,15H,2,4-5,7-10,12-13H2/t19-/m0/s1. The molecule has 3 fully saturated rings. The van der Waals surface area contributed by atoms with E-state index < -0.39 is 5.41 Å². The van der Waals surface area contributed by atoms with E-state index in [-0.39, 0.29) is 23.5 Å². The Morgan fingerprint density at radius 3 is 2.75 bits per heavy atom. The Kier molecular flexibility index (Phi) is 3.82. The van der Waals surface area contributed by atoms with Crippen LogP contribution in [0.1, 0.15) is 37.7 Å². The summed E-state index contributed by atoms with van der Waals surface area (Å²) in [6.45, 7) is 2.42. The largest absolute Gasteiger partial charge is 0.341 e. The molecular weight excluding hydrogens is 307 g/mol. The Bertz CT molecular complexity index is 673. The molecule has 24 heavy (non-hydrogen) atoms. The Morgan fingerprint density at radius 1 is 1.25 bits per heavy atom. The summed E-state index contributed by atoms with van der Waals surface area (Å²) in [5, 5.41) is 0. The maximum Gasteiger partial charge on any atom is 0.231 e. The minimum absolute atomic E-state index is 0.135. The number of hydrogen-bond donors (Lipinski definition) is 0. The minimum Gasteiger partial charge on any atom is -0.341 e. The summed E-state index contributed by atoms with van der Waals surface area (Å²) in [5.41, 5.74) is 0.424. The number of carbonyl (C=O) groups excluding carboxylic acids is 2. The molecule has 1 aliphatic carbocycles. The Morgan fingerprint density at radius 2 is 2.04 bits per heavy atom. The van der Waals surface area contributed by atoms with Crippen LogP contribution in [0.5, 0.6) is 0 Å². The van der Waals surface area contributed by atoms with Gasteiger partial charge in [0, 0.05) is 32.1 Å². The lowest BCUT2D eigenvalue weighted by Crippen LogP contribution is -2.41. The fourth-order valence-corrected chi connectivity index (χ4v) is 4.25. The molecule has 0 aromatic heterocycles. The lowest BCUT2D eigenvalue weighted by molar-refractivity contribution is -0.139. The highest BCUT2D eigenvalue weighted by molar-refractivity contribution is 5.87. The van der Waals surface area contributed by atoms with Crippen LogP contribution in [0.3, 0.4) is 0 Å². The first-order valence-electron chi connectivity index (χ1n) is 8.90. The molecule has 1 atom stereocenters. The predicted octanol–water partition coefficient (Wildman–Crippen LogP) is 2.58. The number of hydrogen-bond acceptors (Lipinski definition) is 2. The van der Waals surface area contributed by atoms with Crippen LogP contribution in [0.25, 0.3) is 0 Å². The molecule has 0 unspecified atom stereocenters. The average molecular weight is 330 g/mol. The minimum atomic E-state index is -0.396. The summed E-state index contributed by atoms with van der Waals surface area (Å²) < 4.78 is 13.3. The number of rotatable bonds is 3. The third-order valence-corrected chi connectivity index (χ3v) is 5.98. The second-order valence-electron chi connectivity index (χ2n) is 7.52. The molecule has 1 aromatic rings. The topological polar surface area (TPSA) is 40.6 Å². The van der Waals surface area contributed by atoms with Crippen molar-refractivity contribution in [3.8, 4) is 0 Å². The molecule has 1 saturated carbocycles. The summed E-state index contributed by atoms with van der Waals surface area (Å²) in [6.07, 6.45) is 4.72. The fraction of sp³-hybridized carbons (Fsp3) is 0.579. The number of carbonyl (C=O) groups is 2. The van der Waals surface area contributed by atoms with Gasteiger partial charge in [-0.1, -0.05) is 18.6 Å². The number of amides is 2. The molecule has 3 aliphatic rings. The molecule has 0 N–H and O–H groups in total. The molecule has 4 nitrogen and oxygen atoms in total. The number of nitrogens with zero attached hydrogens (tertiary/aromatic N) is 2. The summed E-state index contributed by atoms with van der Waals surface area (Å²) in [4.78, 5) is 29.1. The second kappa shape index (κ2) is 5.87. The van der Waals surface area contributed by atoms with Crippen LogP contribution >= 0.6 is 0 Å². The molecule has 2 heterocycles. The second-order valence-corrected chi connectivity index (χ2v) is 7.52. The van der Waals surface area contributed by atoms with Crippen molar-refractivity contribution in [2.24, 2.45) is 11.3 Å². The molecule has 2 aliphatic heterocycles. The van der Waals surface area contributed by atoms with E-state index in [1.807, 2.05) is 15.9 Å². The maximum absolute atomic E-state index is 13.3. The van der Waals surface area contributed by atoms with E-state index in [2.05, 4.69) is 0 Å². The molecule has 128 valence electrons. The van der Waals surface area contributed by atoms with Gasteiger partial charge in [0.25, 0.3) is 0 Å². The first-order chi connectivity index (χ1) is 11.6. The molecule has 1 aromatic carbocycles. The molecular formula is C19H23FN2O2. The summed E-state index contributed by atoms with van der Waals surface area (Å²) >= 11 is 0. The first-order valence-corrected chi connectivity index (χ1v) is 8.90. The third kappa shape index (κ3) is 2.60. The lowest BCUT2D eigenvalue weighted by Gasteiger charge is -2.30. The van der Waals surface area contributed by atoms with E-state index in [1.54, 1.807) is 6.07 Å². The lowest BCUT2D eigenvalue weighted by atomic mass is 9.83. The molecule has 4 rings (SSSR count). The van der Waals surface area contributed by atoms with Crippen molar-refractivity contribution in [1.82, 2.24) is 9.80 Å². The van der Waals surface area contributed by atoms with Crippen molar-refractivity contribution >= 4 is 11.8 Å². The SMILES string of the molecule is O=C(C1CCC1)N1CC[C@@]2(CCN(Cc3cccc(F)c3)C2=O)C1. The van der Waals surface area contributed by atoms with E-state index >= 15 is 0 Å². The summed E-state index contributed by atoms with van der Waals surface area (Å²) in [7, 11) is 0. The van der Waals surface area contributed by atoms with E-state index in [9.17, 15) is 14.0 Å². The van der Waals surface area contributed by atoms with Crippen molar-refractivity contribution in [2.45, 2.75) is 38.6 Å². The van der Waals surface area contributed by atoms with Crippen LogP contribution in [0.4, 0.5) is 4.39 Å².